The summed E-state index contributed by atoms with van der Waals surface area (Å²) in [6.45, 7) is 7.13. The van der Waals surface area contributed by atoms with Crippen LogP contribution in [-0.4, -0.2) is 18.5 Å². The van der Waals surface area contributed by atoms with Gasteiger partial charge in [-0.1, -0.05) is 13.0 Å². The Bertz CT molecular complexity index is 408. The second-order valence-electron chi connectivity index (χ2n) is 5.06. The van der Waals surface area contributed by atoms with E-state index in [0.29, 0.717) is 5.92 Å². The van der Waals surface area contributed by atoms with Gasteiger partial charge in [-0.05, 0) is 56.0 Å². The molecule has 1 aliphatic rings. The molecule has 1 heterocycles. The molecule has 1 aliphatic heterocycles. The number of carbonyl (C=O) groups is 1. The van der Waals surface area contributed by atoms with Gasteiger partial charge in [0.05, 0.1) is 6.04 Å². The molecule has 1 fully saturated rings. The zero-order valence-electron chi connectivity index (χ0n) is 10.7. The highest BCUT2D eigenvalue weighted by Gasteiger charge is 2.29. The van der Waals surface area contributed by atoms with Gasteiger partial charge >= 0.3 is 0 Å². The van der Waals surface area contributed by atoms with Gasteiger partial charge in [-0.25, -0.2) is 0 Å². The maximum Gasteiger partial charge on any atom is 0.241 e. The number of hydrogen-bond acceptors (Lipinski definition) is 2. The first-order valence-corrected chi connectivity index (χ1v) is 6.19. The minimum atomic E-state index is -0.0455. The summed E-state index contributed by atoms with van der Waals surface area (Å²) in [4.78, 5) is 12.1. The van der Waals surface area contributed by atoms with Crippen molar-refractivity contribution in [3.05, 3.63) is 29.3 Å². The lowest BCUT2D eigenvalue weighted by Crippen LogP contribution is -2.39. The fraction of sp³-hybridized carbons (Fsp3) is 0.500. The van der Waals surface area contributed by atoms with Crippen molar-refractivity contribution in [3.8, 4) is 0 Å². The topological polar surface area (TPSA) is 41.1 Å². The highest BCUT2D eigenvalue weighted by atomic mass is 16.2. The number of amides is 1. The average Bonchev–Trinajstić information content (AvgIpc) is 2.62. The third kappa shape index (κ3) is 2.86. The van der Waals surface area contributed by atoms with Crippen LogP contribution in [0, 0.1) is 19.8 Å². The molecular weight excluding hydrogens is 212 g/mol. The van der Waals surface area contributed by atoms with Gasteiger partial charge < -0.3 is 10.6 Å². The van der Waals surface area contributed by atoms with E-state index in [1.165, 1.54) is 11.1 Å². The van der Waals surface area contributed by atoms with Crippen molar-refractivity contribution < 1.29 is 4.79 Å². The Labute approximate surface area is 103 Å². The lowest BCUT2D eigenvalue weighted by Gasteiger charge is -2.16. The molecule has 2 atom stereocenters. The number of anilines is 1. The lowest BCUT2D eigenvalue weighted by molar-refractivity contribution is -0.118. The molecule has 1 aromatic rings. The number of rotatable bonds is 2. The normalized spacial score (nSPS) is 23.7. The van der Waals surface area contributed by atoms with E-state index >= 15 is 0 Å². The van der Waals surface area contributed by atoms with E-state index in [1.54, 1.807) is 0 Å². The van der Waals surface area contributed by atoms with Crippen molar-refractivity contribution in [2.24, 2.45) is 5.92 Å². The highest BCUT2D eigenvalue weighted by molar-refractivity contribution is 5.95. The number of carbonyl (C=O) groups excluding carboxylic acids is 1. The van der Waals surface area contributed by atoms with Gasteiger partial charge in [0.1, 0.15) is 0 Å². The summed E-state index contributed by atoms with van der Waals surface area (Å²) >= 11 is 0. The molecule has 0 saturated carbocycles. The Morgan fingerprint density at radius 2 is 1.94 bits per heavy atom. The number of aryl methyl sites for hydroxylation is 2. The monoisotopic (exact) mass is 232 g/mol. The molecule has 1 aromatic carbocycles. The minimum Gasteiger partial charge on any atom is -0.325 e. The molecule has 3 heteroatoms. The van der Waals surface area contributed by atoms with Crippen LogP contribution in [0.3, 0.4) is 0 Å². The van der Waals surface area contributed by atoms with Crippen LogP contribution in [0.4, 0.5) is 5.69 Å². The van der Waals surface area contributed by atoms with Crippen LogP contribution in [0.25, 0.3) is 0 Å². The quantitative estimate of drug-likeness (QED) is 0.821. The van der Waals surface area contributed by atoms with Crippen molar-refractivity contribution in [2.45, 2.75) is 33.2 Å². The van der Waals surface area contributed by atoms with Gasteiger partial charge in [-0.3, -0.25) is 4.79 Å². The Morgan fingerprint density at radius 3 is 2.47 bits per heavy atom. The molecule has 0 radical (unpaired) electrons. The van der Waals surface area contributed by atoms with Crippen LogP contribution >= 0.6 is 0 Å². The van der Waals surface area contributed by atoms with Gasteiger partial charge in [-0.15, -0.1) is 0 Å². The summed E-state index contributed by atoms with van der Waals surface area (Å²) in [5.41, 5.74) is 3.24. The predicted molar refractivity (Wildman–Crippen MR) is 70.1 cm³/mol. The molecule has 0 spiro atoms. The molecule has 0 aromatic heterocycles. The zero-order valence-corrected chi connectivity index (χ0v) is 10.7. The van der Waals surface area contributed by atoms with Gasteiger partial charge in [0.2, 0.25) is 5.91 Å². The highest BCUT2D eigenvalue weighted by Crippen LogP contribution is 2.18. The third-order valence-corrected chi connectivity index (χ3v) is 3.30. The largest absolute Gasteiger partial charge is 0.325 e. The smallest absolute Gasteiger partial charge is 0.241 e. The Balaban J connectivity index is 2.07. The van der Waals surface area contributed by atoms with Crippen LogP contribution in [0.5, 0.6) is 0 Å². The SMILES string of the molecule is Cc1cc(C)cc(NC(=O)C2NCCC2C)c1. The Morgan fingerprint density at radius 1 is 1.29 bits per heavy atom. The predicted octanol–water partition coefficient (Wildman–Crippen LogP) is 2.24. The molecule has 0 bridgehead atoms. The number of nitrogens with one attached hydrogen (secondary N) is 2. The number of hydrogen-bond donors (Lipinski definition) is 2. The maximum absolute atomic E-state index is 12.1. The first kappa shape index (κ1) is 12.1. The maximum atomic E-state index is 12.1. The Hall–Kier alpha value is -1.35. The molecular formula is C14H20N2O. The van der Waals surface area contributed by atoms with Gasteiger partial charge in [0, 0.05) is 5.69 Å². The summed E-state index contributed by atoms with van der Waals surface area (Å²) in [6, 6.07) is 6.07. The first-order chi connectivity index (χ1) is 8.06. The van der Waals surface area contributed by atoms with E-state index in [-0.39, 0.29) is 11.9 Å². The average molecular weight is 232 g/mol. The fourth-order valence-electron chi connectivity index (χ4n) is 2.45. The van der Waals surface area contributed by atoms with Crippen molar-refractivity contribution in [1.29, 1.82) is 0 Å². The van der Waals surface area contributed by atoms with Crippen molar-refractivity contribution in [1.82, 2.24) is 5.32 Å². The minimum absolute atomic E-state index is 0.0455. The summed E-state index contributed by atoms with van der Waals surface area (Å²) in [6.07, 6.45) is 1.07. The standard InChI is InChI=1S/C14H20N2O/c1-9-6-10(2)8-12(7-9)16-14(17)13-11(3)4-5-15-13/h6-8,11,13,15H,4-5H2,1-3H3,(H,16,17). The van der Waals surface area contributed by atoms with Crippen LogP contribution in [0.1, 0.15) is 24.5 Å². The molecule has 2 rings (SSSR count). The van der Waals surface area contributed by atoms with Gasteiger partial charge in [0.25, 0.3) is 0 Å². The molecule has 2 N–H and O–H groups in total. The third-order valence-electron chi connectivity index (χ3n) is 3.30. The van der Waals surface area contributed by atoms with Crippen molar-refractivity contribution >= 4 is 11.6 Å². The molecule has 3 nitrogen and oxygen atoms in total. The fourth-order valence-corrected chi connectivity index (χ4v) is 2.45. The van der Waals surface area contributed by atoms with Crippen molar-refractivity contribution in [3.63, 3.8) is 0 Å². The van der Waals surface area contributed by atoms with E-state index in [0.717, 1.165) is 18.7 Å². The van der Waals surface area contributed by atoms with E-state index in [4.69, 9.17) is 0 Å². The van der Waals surface area contributed by atoms with Crippen LogP contribution in [0.15, 0.2) is 18.2 Å². The summed E-state index contributed by atoms with van der Waals surface area (Å²) in [5, 5.41) is 6.24. The lowest BCUT2D eigenvalue weighted by atomic mass is 10.0. The summed E-state index contributed by atoms with van der Waals surface area (Å²) in [7, 11) is 0. The molecule has 0 aliphatic carbocycles. The summed E-state index contributed by atoms with van der Waals surface area (Å²) in [5.74, 6) is 0.501. The molecule has 92 valence electrons. The van der Waals surface area contributed by atoms with Gasteiger partial charge in [0.15, 0.2) is 0 Å². The molecule has 2 unspecified atom stereocenters. The van der Waals surface area contributed by atoms with Crippen molar-refractivity contribution in [2.75, 3.05) is 11.9 Å². The van der Waals surface area contributed by atoms with Crippen LogP contribution in [0.2, 0.25) is 0 Å². The molecule has 1 amide bonds. The van der Waals surface area contributed by atoms with Crippen LogP contribution < -0.4 is 10.6 Å². The zero-order chi connectivity index (χ0) is 12.4. The van der Waals surface area contributed by atoms with Gasteiger partial charge in [-0.2, -0.15) is 0 Å². The first-order valence-electron chi connectivity index (χ1n) is 6.19. The van der Waals surface area contributed by atoms with Crippen LogP contribution in [-0.2, 0) is 4.79 Å². The Kier molecular flexibility index (Phi) is 3.48. The molecule has 17 heavy (non-hydrogen) atoms. The van der Waals surface area contributed by atoms with E-state index in [2.05, 4.69) is 23.6 Å². The second-order valence-corrected chi connectivity index (χ2v) is 5.06. The molecule has 1 saturated heterocycles. The van der Waals surface area contributed by atoms with E-state index < -0.39 is 0 Å². The number of benzene rings is 1. The van der Waals surface area contributed by atoms with E-state index in [1.807, 2.05) is 26.0 Å². The van der Waals surface area contributed by atoms with E-state index in [9.17, 15) is 4.79 Å². The second kappa shape index (κ2) is 4.88. The summed E-state index contributed by atoms with van der Waals surface area (Å²) < 4.78 is 0.